The quantitative estimate of drug-likeness (QED) is 0.879. The Labute approximate surface area is 122 Å². The van der Waals surface area contributed by atoms with Gasteiger partial charge in [-0.25, -0.2) is 9.97 Å². The molecule has 1 fully saturated rings. The van der Waals surface area contributed by atoms with E-state index in [1.165, 1.54) is 25.7 Å². The summed E-state index contributed by atoms with van der Waals surface area (Å²) in [6, 6.07) is 0.543. The molecule has 2 rings (SSSR count). The molecule has 0 saturated heterocycles. The van der Waals surface area contributed by atoms with Crippen LogP contribution in [0, 0.1) is 25.7 Å². The molecule has 1 saturated carbocycles. The van der Waals surface area contributed by atoms with Crippen LogP contribution in [0.15, 0.2) is 0 Å². The van der Waals surface area contributed by atoms with Crippen molar-refractivity contribution >= 4 is 11.6 Å². The minimum Gasteiger partial charge on any atom is -0.373 e. The number of hydrogen-bond acceptors (Lipinski definition) is 4. The predicted molar refractivity (Wildman–Crippen MR) is 85.3 cm³/mol. The molecule has 0 spiro atoms. The van der Waals surface area contributed by atoms with Gasteiger partial charge in [0.2, 0.25) is 0 Å². The largest absolute Gasteiger partial charge is 0.373 e. The minimum absolute atomic E-state index is 0.543. The Morgan fingerprint density at radius 1 is 1.05 bits per heavy atom. The average molecular weight is 276 g/mol. The first-order valence-corrected chi connectivity index (χ1v) is 7.82. The van der Waals surface area contributed by atoms with Crippen LogP contribution in [0.5, 0.6) is 0 Å². The Morgan fingerprint density at radius 3 is 2.35 bits per heavy atom. The van der Waals surface area contributed by atoms with Crippen LogP contribution >= 0.6 is 0 Å². The van der Waals surface area contributed by atoms with Gasteiger partial charge in [0.1, 0.15) is 17.5 Å². The highest BCUT2D eigenvalue weighted by atomic mass is 15.1. The minimum atomic E-state index is 0.543. The molecule has 112 valence electrons. The van der Waals surface area contributed by atoms with Gasteiger partial charge < -0.3 is 10.6 Å². The Bertz CT molecular complexity index is 456. The van der Waals surface area contributed by atoms with Crippen molar-refractivity contribution in [2.24, 2.45) is 11.8 Å². The first kappa shape index (κ1) is 15.1. The third-order valence-corrected chi connectivity index (χ3v) is 4.49. The zero-order valence-electron chi connectivity index (χ0n) is 13.5. The van der Waals surface area contributed by atoms with Crippen molar-refractivity contribution in [2.75, 3.05) is 17.7 Å². The van der Waals surface area contributed by atoms with Gasteiger partial charge >= 0.3 is 0 Å². The number of hydrogen-bond donors (Lipinski definition) is 2. The molecule has 1 heterocycles. The van der Waals surface area contributed by atoms with E-state index in [2.05, 4.69) is 41.4 Å². The van der Waals surface area contributed by atoms with Crippen LogP contribution in [0.4, 0.5) is 11.6 Å². The molecule has 1 aromatic rings. The van der Waals surface area contributed by atoms with E-state index in [1.807, 2.05) is 14.0 Å². The molecular weight excluding hydrogens is 248 g/mol. The zero-order chi connectivity index (χ0) is 14.7. The van der Waals surface area contributed by atoms with Crippen LogP contribution in [0.25, 0.3) is 0 Å². The molecule has 0 bridgehead atoms. The van der Waals surface area contributed by atoms with Crippen molar-refractivity contribution in [1.29, 1.82) is 0 Å². The van der Waals surface area contributed by atoms with Crippen molar-refractivity contribution in [2.45, 2.75) is 59.4 Å². The first-order valence-electron chi connectivity index (χ1n) is 7.82. The SMILES string of the molecule is CNc1nc(C)nc(NC2CCCCC2C(C)C)c1C. The molecule has 1 aliphatic carbocycles. The van der Waals surface area contributed by atoms with E-state index in [9.17, 15) is 0 Å². The molecule has 20 heavy (non-hydrogen) atoms. The molecule has 2 N–H and O–H groups in total. The lowest BCUT2D eigenvalue weighted by Crippen LogP contribution is -2.35. The topological polar surface area (TPSA) is 49.8 Å². The highest BCUT2D eigenvalue weighted by Gasteiger charge is 2.28. The Balaban J connectivity index is 2.22. The summed E-state index contributed by atoms with van der Waals surface area (Å²) in [5.74, 6) is 4.21. The van der Waals surface area contributed by atoms with Gasteiger partial charge in [-0.1, -0.05) is 26.7 Å². The van der Waals surface area contributed by atoms with Crippen molar-refractivity contribution in [3.63, 3.8) is 0 Å². The second kappa shape index (κ2) is 6.42. The molecule has 0 radical (unpaired) electrons. The fraction of sp³-hybridized carbons (Fsp3) is 0.750. The lowest BCUT2D eigenvalue weighted by molar-refractivity contribution is 0.253. The standard InChI is InChI=1S/C16H28N4/c1-10(2)13-8-6-7-9-14(13)20-16-11(3)15(17-5)18-12(4)19-16/h10,13-14H,6-9H2,1-5H3,(H2,17,18,19,20). The van der Waals surface area contributed by atoms with Crippen molar-refractivity contribution in [1.82, 2.24) is 9.97 Å². The third kappa shape index (κ3) is 3.22. The summed E-state index contributed by atoms with van der Waals surface area (Å²) >= 11 is 0. The number of aromatic nitrogens is 2. The molecule has 4 heteroatoms. The summed E-state index contributed by atoms with van der Waals surface area (Å²) in [6.45, 7) is 8.70. The van der Waals surface area contributed by atoms with E-state index in [1.54, 1.807) is 0 Å². The van der Waals surface area contributed by atoms with Gasteiger partial charge in [0.25, 0.3) is 0 Å². The smallest absolute Gasteiger partial charge is 0.134 e. The van der Waals surface area contributed by atoms with Crippen LogP contribution in [-0.4, -0.2) is 23.1 Å². The first-order chi connectivity index (χ1) is 9.52. The van der Waals surface area contributed by atoms with Crippen LogP contribution in [0.2, 0.25) is 0 Å². The summed E-state index contributed by atoms with van der Waals surface area (Å²) in [6.07, 6.45) is 5.27. The van der Waals surface area contributed by atoms with Crippen molar-refractivity contribution in [3.8, 4) is 0 Å². The van der Waals surface area contributed by atoms with E-state index in [0.717, 1.165) is 34.9 Å². The molecule has 2 atom stereocenters. The molecule has 2 unspecified atom stereocenters. The number of aryl methyl sites for hydroxylation is 1. The highest BCUT2D eigenvalue weighted by molar-refractivity contribution is 5.57. The van der Waals surface area contributed by atoms with Gasteiger partial charge in [-0.2, -0.15) is 0 Å². The summed E-state index contributed by atoms with van der Waals surface area (Å²) < 4.78 is 0. The number of rotatable bonds is 4. The molecule has 4 nitrogen and oxygen atoms in total. The zero-order valence-corrected chi connectivity index (χ0v) is 13.5. The number of nitrogens with zero attached hydrogens (tertiary/aromatic N) is 2. The average Bonchev–Trinajstić information content (AvgIpc) is 2.42. The predicted octanol–water partition coefficient (Wildman–Crippen LogP) is 3.76. The Morgan fingerprint density at radius 2 is 1.70 bits per heavy atom. The maximum Gasteiger partial charge on any atom is 0.134 e. The molecule has 1 aliphatic rings. The summed E-state index contributed by atoms with van der Waals surface area (Å²) in [5, 5.41) is 6.86. The Hall–Kier alpha value is -1.32. The number of nitrogens with one attached hydrogen (secondary N) is 2. The van der Waals surface area contributed by atoms with E-state index in [4.69, 9.17) is 0 Å². The maximum atomic E-state index is 4.61. The molecule has 0 aliphatic heterocycles. The third-order valence-electron chi connectivity index (χ3n) is 4.49. The Kier molecular flexibility index (Phi) is 4.84. The van der Waals surface area contributed by atoms with Gasteiger partial charge in [0, 0.05) is 18.7 Å². The van der Waals surface area contributed by atoms with Crippen LogP contribution in [0.1, 0.15) is 50.9 Å². The van der Waals surface area contributed by atoms with Crippen LogP contribution < -0.4 is 10.6 Å². The summed E-state index contributed by atoms with van der Waals surface area (Å²) in [4.78, 5) is 9.04. The molecular formula is C16H28N4. The van der Waals surface area contributed by atoms with Gasteiger partial charge in [-0.05, 0) is 38.5 Å². The summed E-state index contributed by atoms with van der Waals surface area (Å²) in [5.41, 5.74) is 1.12. The van der Waals surface area contributed by atoms with Crippen LogP contribution in [0.3, 0.4) is 0 Å². The van der Waals surface area contributed by atoms with Gasteiger partial charge in [-0.3, -0.25) is 0 Å². The van der Waals surface area contributed by atoms with Gasteiger partial charge in [0.05, 0.1) is 0 Å². The van der Waals surface area contributed by atoms with Gasteiger partial charge in [0.15, 0.2) is 0 Å². The van der Waals surface area contributed by atoms with Crippen molar-refractivity contribution < 1.29 is 0 Å². The monoisotopic (exact) mass is 276 g/mol. The fourth-order valence-electron chi connectivity index (χ4n) is 3.32. The van der Waals surface area contributed by atoms with Gasteiger partial charge in [-0.15, -0.1) is 0 Å². The second-order valence-corrected chi connectivity index (χ2v) is 6.29. The van der Waals surface area contributed by atoms with E-state index in [-0.39, 0.29) is 0 Å². The normalized spacial score (nSPS) is 22.9. The molecule has 1 aromatic heterocycles. The lowest BCUT2D eigenvalue weighted by atomic mass is 9.78. The highest BCUT2D eigenvalue weighted by Crippen LogP contribution is 2.33. The summed E-state index contributed by atoms with van der Waals surface area (Å²) in [7, 11) is 1.91. The number of anilines is 2. The van der Waals surface area contributed by atoms with Crippen molar-refractivity contribution in [3.05, 3.63) is 11.4 Å². The molecule has 0 amide bonds. The van der Waals surface area contributed by atoms with E-state index in [0.29, 0.717) is 6.04 Å². The van der Waals surface area contributed by atoms with E-state index >= 15 is 0 Å². The fourth-order valence-corrected chi connectivity index (χ4v) is 3.32. The van der Waals surface area contributed by atoms with E-state index < -0.39 is 0 Å². The second-order valence-electron chi connectivity index (χ2n) is 6.29. The van der Waals surface area contributed by atoms with Crippen LogP contribution in [-0.2, 0) is 0 Å². The maximum absolute atomic E-state index is 4.61. The molecule has 0 aromatic carbocycles. The lowest BCUT2D eigenvalue weighted by Gasteiger charge is -2.35.